The molecule has 1 aromatic carbocycles. The third kappa shape index (κ3) is 2.71. The molecule has 2 aromatic rings. The fourth-order valence-corrected chi connectivity index (χ4v) is 2.40. The van der Waals surface area contributed by atoms with Crippen LogP contribution in [0.3, 0.4) is 0 Å². The number of nitrogens with one attached hydrogen (secondary N) is 1. The van der Waals surface area contributed by atoms with E-state index in [1.54, 1.807) is 0 Å². The van der Waals surface area contributed by atoms with Crippen molar-refractivity contribution in [3.05, 3.63) is 24.3 Å². The Hall–Kier alpha value is -1.13. The minimum atomic E-state index is -0.208. The number of hydrogen-bond donors (Lipinski definition) is 2. The average molecular weight is 236 g/mol. The van der Waals surface area contributed by atoms with Crippen molar-refractivity contribution in [2.45, 2.75) is 25.9 Å². The summed E-state index contributed by atoms with van der Waals surface area (Å²) in [5.41, 5.74) is 1.05. The second kappa shape index (κ2) is 5.27. The van der Waals surface area contributed by atoms with Gasteiger partial charge in [-0.3, -0.25) is 0 Å². The van der Waals surface area contributed by atoms with Crippen molar-refractivity contribution in [1.82, 2.24) is 4.37 Å². The summed E-state index contributed by atoms with van der Waals surface area (Å²) in [5.74, 6) is 0. The molecule has 0 radical (unpaired) electrons. The summed E-state index contributed by atoms with van der Waals surface area (Å²) in [4.78, 5) is 0. The van der Waals surface area contributed by atoms with Gasteiger partial charge in [-0.1, -0.05) is 12.1 Å². The average Bonchev–Trinajstić information content (AvgIpc) is 2.68. The molecule has 0 aliphatic rings. The maximum atomic E-state index is 9.14. The molecule has 0 aliphatic carbocycles. The van der Waals surface area contributed by atoms with Crippen molar-refractivity contribution in [2.75, 3.05) is 11.9 Å². The second-order valence-corrected chi connectivity index (χ2v) is 4.72. The lowest BCUT2D eigenvalue weighted by Gasteiger charge is -2.05. The molecule has 2 rings (SSSR count). The number of rotatable bonds is 5. The first-order valence-electron chi connectivity index (χ1n) is 5.54. The molecule has 0 spiro atoms. The lowest BCUT2D eigenvalue weighted by Crippen LogP contribution is -2.05. The highest BCUT2D eigenvalue weighted by Gasteiger charge is 2.04. The van der Waals surface area contributed by atoms with Gasteiger partial charge in [0.1, 0.15) is 5.00 Å². The van der Waals surface area contributed by atoms with Gasteiger partial charge < -0.3 is 10.4 Å². The van der Waals surface area contributed by atoms with E-state index < -0.39 is 0 Å². The number of aliphatic hydroxyl groups is 1. The monoisotopic (exact) mass is 236 g/mol. The lowest BCUT2D eigenvalue weighted by molar-refractivity contribution is 0.183. The van der Waals surface area contributed by atoms with Crippen molar-refractivity contribution in [3.63, 3.8) is 0 Å². The maximum absolute atomic E-state index is 9.14. The van der Waals surface area contributed by atoms with Crippen LogP contribution in [0.25, 0.3) is 10.9 Å². The van der Waals surface area contributed by atoms with Crippen LogP contribution >= 0.6 is 11.5 Å². The SMILES string of the molecule is CC(O)CCCNc1snc2ccccc12. The number of benzene rings is 1. The fourth-order valence-electron chi connectivity index (χ4n) is 1.62. The van der Waals surface area contributed by atoms with Crippen LogP contribution in [0.2, 0.25) is 0 Å². The van der Waals surface area contributed by atoms with E-state index in [4.69, 9.17) is 5.11 Å². The number of aromatic nitrogens is 1. The molecule has 0 saturated carbocycles. The van der Waals surface area contributed by atoms with E-state index in [1.807, 2.05) is 25.1 Å². The standard InChI is InChI=1S/C12H16N2OS/c1-9(15)5-4-8-13-12-10-6-2-3-7-11(10)14-16-12/h2-3,6-7,9,13,15H,4-5,8H2,1H3. The van der Waals surface area contributed by atoms with Crippen molar-refractivity contribution in [1.29, 1.82) is 0 Å². The van der Waals surface area contributed by atoms with Crippen LogP contribution in [0, 0.1) is 0 Å². The van der Waals surface area contributed by atoms with Gasteiger partial charge in [0.15, 0.2) is 0 Å². The highest BCUT2D eigenvalue weighted by molar-refractivity contribution is 7.11. The van der Waals surface area contributed by atoms with E-state index >= 15 is 0 Å². The Morgan fingerprint density at radius 2 is 2.25 bits per heavy atom. The highest BCUT2D eigenvalue weighted by atomic mass is 32.1. The Kier molecular flexibility index (Phi) is 3.74. The highest BCUT2D eigenvalue weighted by Crippen LogP contribution is 2.27. The van der Waals surface area contributed by atoms with Gasteiger partial charge in [-0.05, 0) is 43.4 Å². The largest absolute Gasteiger partial charge is 0.393 e. The number of aliphatic hydroxyl groups excluding tert-OH is 1. The Morgan fingerprint density at radius 3 is 3.06 bits per heavy atom. The zero-order valence-electron chi connectivity index (χ0n) is 9.31. The summed E-state index contributed by atoms with van der Waals surface area (Å²) in [6, 6.07) is 8.12. The van der Waals surface area contributed by atoms with Crippen LogP contribution in [0.4, 0.5) is 5.00 Å². The Morgan fingerprint density at radius 1 is 1.44 bits per heavy atom. The first-order valence-corrected chi connectivity index (χ1v) is 6.31. The van der Waals surface area contributed by atoms with Crippen LogP contribution in [0.5, 0.6) is 0 Å². The third-order valence-electron chi connectivity index (χ3n) is 2.47. The van der Waals surface area contributed by atoms with E-state index in [1.165, 1.54) is 16.9 Å². The van der Waals surface area contributed by atoms with Gasteiger partial charge in [0.05, 0.1) is 11.6 Å². The molecule has 4 heteroatoms. The molecular weight excluding hydrogens is 220 g/mol. The van der Waals surface area contributed by atoms with E-state index in [0.29, 0.717) is 0 Å². The molecule has 1 atom stereocenters. The van der Waals surface area contributed by atoms with Gasteiger partial charge >= 0.3 is 0 Å². The van der Waals surface area contributed by atoms with Crippen LogP contribution < -0.4 is 5.32 Å². The molecular formula is C12H16N2OS. The van der Waals surface area contributed by atoms with Crippen molar-refractivity contribution >= 4 is 27.4 Å². The summed E-state index contributed by atoms with van der Waals surface area (Å²) in [6.45, 7) is 2.71. The van der Waals surface area contributed by atoms with Gasteiger partial charge in [0.2, 0.25) is 0 Å². The molecule has 0 fully saturated rings. The molecule has 0 aliphatic heterocycles. The summed E-state index contributed by atoms with van der Waals surface area (Å²) >= 11 is 1.50. The molecule has 3 nitrogen and oxygen atoms in total. The Balaban J connectivity index is 1.94. The molecule has 16 heavy (non-hydrogen) atoms. The number of hydrogen-bond acceptors (Lipinski definition) is 4. The van der Waals surface area contributed by atoms with Crippen LogP contribution in [0.15, 0.2) is 24.3 Å². The van der Waals surface area contributed by atoms with Gasteiger partial charge in [-0.2, -0.15) is 4.37 Å². The minimum absolute atomic E-state index is 0.208. The smallest absolute Gasteiger partial charge is 0.117 e. The third-order valence-corrected chi connectivity index (χ3v) is 3.30. The van der Waals surface area contributed by atoms with Crippen molar-refractivity contribution < 1.29 is 5.11 Å². The van der Waals surface area contributed by atoms with Gasteiger partial charge in [-0.25, -0.2) is 0 Å². The van der Waals surface area contributed by atoms with E-state index in [0.717, 1.165) is 29.9 Å². The van der Waals surface area contributed by atoms with Crippen LogP contribution in [-0.4, -0.2) is 22.1 Å². The van der Waals surface area contributed by atoms with E-state index in [-0.39, 0.29) is 6.10 Å². The summed E-state index contributed by atoms with van der Waals surface area (Å²) in [7, 11) is 0. The first kappa shape index (κ1) is 11.4. The predicted molar refractivity (Wildman–Crippen MR) is 69.0 cm³/mol. The van der Waals surface area contributed by atoms with E-state index in [2.05, 4.69) is 15.8 Å². The number of anilines is 1. The first-order chi connectivity index (χ1) is 7.77. The molecule has 2 N–H and O–H groups in total. The van der Waals surface area contributed by atoms with Gasteiger partial charge in [0, 0.05) is 11.9 Å². The molecule has 1 heterocycles. The number of nitrogens with zero attached hydrogens (tertiary/aromatic N) is 1. The Bertz CT molecular complexity index is 453. The zero-order valence-corrected chi connectivity index (χ0v) is 10.1. The summed E-state index contributed by atoms with van der Waals surface area (Å²) < 4.78 is 4.36. The van der Waals surface area contributed by atoms with Gasteiger partial charge in [0.25, 0.3) is 0 Å². The summed E-state index contributed by atoms with van der Waals surface area (Å²) in [5, 5.41) is 14.8. The van der Waals surface area contributed by atoms with E-state index in [9.17, 15) is 0 Å². The number of fused-ring (bicyclic) bond motifs is 1. The topological polar surface area (TPSA) is 45.1 Å². The lowest BCUT2D eigenvalue weighted by atomic mass is 10.2. The molecule has 0 saturated heterocycles. The molecule has 1 aromatic heterocycles. The maximum Gasteiger partial charge on any atom is 0.117 e. The van der Waals surface area contributed by atoms with Crippen molar-refractivity contribution in [3.8, 4) is 0 Å². The summed E-state index contributed by atoms with van der Waals surface area (Å²) in [6.07, 6.45) is 1.60. The van der Waals surface area contributed by atoms with Crippen LogP contribution in [0.1, 0.15) is 19.8 Å². The minimum Gasteiger partial charge on any atom is -0.393 e. The fraction of sp³-hybridized carbons (Fsp3) is 0.417. The van der Waals surface area contributed by atoms with Gasteiger partial charge in [-0.15, -0.1) is 0 Å². The van der Waals surface area contributed by atoms with Crippen LogP contribution in [-0.2, 0) is 0 Å². The molecule has 0 bridgehead atoms. The molecule has 86 valence electrons. The predicted octanol–water partition coefficient (Wildman–Crippen LogP) is 2.87. The molecule has 0 amide bonds. The zero-order chi connectivity index (χ0) is 11.4. The second-order valence-electron chi connectivity index (χ2n) is 3.95. The molecule has 1 unspecified atom stereocenters. The quantitative estimate of drug-likeness (QED) is 0.785. The van der Waals surface area contributed by atoms with Crippen molar-refractivity contribution in [2.24, 2.45) is 0 Å². The normalized spacial score (nSPS) is 12.9. The Labute approximate surface area is 99.3 Å².